The number of carbonyl (C=O) groups excluding carboxylic acids is 1. The van der Waals surface area contributed by atoms with Crippen molar-refractivity contribution < 1.29 is 19.0 Å². The van der Waals surface area contributed by atoms with E-state index >= 15 is 0 Å². The number of benzene rings is 2. The lowest BCUT2D eigenvalue weighted by Gasteiger charge is -2.38. The molecule has 1 amide bonds. The standard InChI is InChI=1S/C27H28ClN3O4/c1-17-2-6-20(13-22(17)28)31-25(18-3-4-18)21(14-30-31)26(32)29-15-27(8-10-33-11-9-27)19-5-7-23-24(12-19)35-16-34-23/h2,5-7,12-14,18H,3-4,8-11,15-16H2,1H3,(H,29,32). The zero-order valence-corrected chi connectivity index (χ0v) is 20.4. The van der Waals surface area contributed by atoms with E-state index in [1.807, 2.05) is 35.9 Å². The third-order valence-electron chi connectivity index (χ3n) is 7.44. The summed E-state index contributed by atoms with van der Waals surface area (Å²) in [6.45, 7) is 4.04. The van der Waals surface area contributed by atoms with Crippen LogP contribution in [0.25, 0.3) is 5.69 Å². The monoisotopic (exact) mass is 493 g/mol. The maximum atomic E-state index is 13.5. The van der Waals surface area contributed by atoms with Crippen LogP contribution >= 0.6 is 11.6 Å². The highest BCUT2D eigenvalue weighted by Gasteiger charge is 2.37. The highest BCUT2D eigenvalue weighted by molar-refractivity contribution is 6.31. The summed E-state index contributed by atoms with van der Waals surface area (Å²) >= 11 is 6.38. The highest BCUT2D eigenvalue weighted by atomic mass is 35.5. The Bertz CT molecular complexity index is 1280. The number of fused-ring (bicyclic) bond motifs is 1. The fraction of sp³-hybridized carbons (Fsp3) is 0.407. The molecule has 1 saturated heterocycles. The summed E-state index contributed by atoms with van der Waals surface area (Å²) in [5.74, 6) is 1.76. The van der Waals surface area contributed by atoms with Crippen LogP contribution in [0.3, 0.4) is 0 Å². The van der Waals surface area contributed by atoms with Crippen LogP contribution < -0.4 is 14.8 Å². The number of nitrogens with zero attached hydrogens (tertiary/aromatic N) is 2. The lowest BCUT2D eigenvalue weighted by atomic mass is 9.74. The highest BCUT2D eigenvalue weighted by Crippen LogP contribution is 2.43. The van der Waals surface area contributed by atoms with E-state index in [9.17, 15) is 4.79 Å². The molecule has 0 radical (unpaired) electrons. The molecule has 35 heavy (non-hydrogen) atoms. The minimum Gasteiger partial charge on any atom is -0.454 e. The molecule has 2 fully saturated rings. The van der Waals surface area contributed by atoms with Crippen LogP contribution in [-0.4, -0.2) is 42.2 Å². The third kappa shape index (κ3) is 4.17. The zero-order chi connectivity index (χ0) is 24.0. The Morgan fingerprint density at radius 3 is 2.71 bits per heavy atom. The first-order chi connectivity index (χ1) is 17.0. The summed E-state index contributed by atoms with van der Waals surface area (Å²) in [5.41, 5.74) is 4.40. The number of halogens is 1. The van der Waals surface area contributed by atoms with Crippen LogP contribution in [-0.2, 0) is 10.2 Å². The Balaban J connectivity index is 1.27. The van der Waals surface area contributed by atoms with Crippen molar-refractivity contribution in [2.45, 2.75) is 43.9 Å². The number of rotatable bonds is 6. The molecule has 1 saturated carbocycles. The second-order valence-corrected chi connectivity index (χ2v) is 10.1. The van der Waals surface area contributed by atoms with E-state index in [2.05, 4.69) is 22.5 Å². The first kappa shape index (κ1) is 22.4. The average molecular weight is 494 g/mol. The van der Waals surface area contributed by atoms with Gasteiger partial charge in [-0.3, -0.25) is 4.79 Å². The summed E-state index contributed by atoms with van der Waals surface area (Å²) in [4.78, 5) is 13.5. The average Bonchev–Trinajstić information content (AvgIpc) is 3.44. The fourth-order valence-corrected chi connectivity index (χ4v) is 5.28. The maximum absolute atomic E-state index is 13.5. The molecule has 2 aromatic carbocycles. The summed E-state index contributed by atoms with van der Waals surface area (Å²) in [6.07, 6.45) is 5.45. The molecule has 2 aliphatic heterocycles. The van der Waals surface area contributed by atoms with Gasteiger partial charge in [-0.25, -0.2) is 4.68 Å². The second-order valence-electron chi connectivity index (χ2n) is 9.71. The largest absolute Gasteiger partial charge is 0.454 e. The summed E-state index contributed by atoms with van der Waals surface area (Å²) in [6, 6.07) is 12.0. The molecule has 1 aromatic heterocycles. The number of aryl methyl sites for hydroxylation is 1. The summed E-state index contributed by atoms with van der Waals surface area (Å²) in [5, 5.41) is 8.52. The van der Waals surface area contributed by atoms with Crippen molar-refractivity contribution in [2.75, 3.05) is 26.6 Å². The van der Waals surface area contributed by atoms with Gasteiger partial charge in [-0.15, -0.1) is 0 Å². The van der Waals surface area contributed by atoms with Crippen molar-refractivity contribution in [1.82, 2.24) is 15.1 Å². The lowest BCUT2D eigenvalue weighted by Crippen LogP contribution is -2.44. The van der Waals surface area contributed by atoms with Crippen molar-refractivity contribution in [3.05, 3.63) is 70.0 Å². The molecule has 6 rings (SSSR count). The van der Waals surface area contributed by atoms with E-state index in [0.29, 0.717) is 36.3 Å². The smallest absolute Gasteiger partial charge is 0.254 e. The van der Waals surface area contributed by atoms with Crippen LogP contribution in [0, 0.1) is 6.92 Å². The Morgan fingerprint density at radius 2 is 1.94 bits per heavy atom. The van der Waals surface area contributed by atoms with Crippen LogP contribution in [0.5, 0.6) is 11.5 Å². The number of hydrogen-bond donors (Lipinski definition) is 1. The van der Waals surface area contributed by atoms with Gasteiger partial charge < -0.3 is 19.5 Å². The van der Waals surface area contributed by atoms with Crippen molar-refractivity contribution >= 4 is 17.5 Å². The van der Waals surface area contributed by atoms with Crippen molar-refractivity contribution in [3.63, 3.8) is 0 Å². The molecule has 0 spiro atoms. The molecule has 3 aromatic rings. The minimum absolute atomic E-state index is 0.0945. The van der Waals surface area contributed by atoms with Gasteiger partial charge in [0.15, 0.2) is 11.5 Å². The van der Waals surface area contributed by atoms with E-state index in [1.165, 1.54) is 0 Å². The van der Waals surface area contributed by atoms with Crippen LogP contribution in [0.15, 0.2) is 42.6 Å². The fourth-order valence-electron chi connectivity index (χ4n) is 5.10. The van der Waals surface area contributed by atoms with Crippen LogP contribution in [0.1, 0.15) is 58.8 Å². The Morgan fingerprint density at radius 1 is 1.14 bits per heavy atom. The molecule has 0 bridgehead atoms. The van der Waals surface area contributed by atoms with Crippen molar-refractivity contribution in [2.24, 2.45) is 0 Å². The van der Waals surface area contributed by atoms with E-state index in [4.69, 9.17) is 25.8 Å². The van der Waals surface area contributed by atoms with Crippen LogP contribution in [0.4, 0.5) is 0 Å². The molecule has 1 aliphatic carbocycles. The molecule has 182 valence electrons. The number of hydrogen-bond acceptors (Lipinski definition) is 5. The zero-order valence-electron chi connectivity index (χ0n) is 19.7. The molecule has 3 aliphatic rings. The maximum Gasteiger partial charge on any atom is 0.254 e. The minimum atomic E-state index is -0.227. The van der Waals surface area contributed by atoms with Crippen LogP contribution in [0.2, 0.25) is 5.02 Å². The van der Waals surface area contributed by atoms with Gasteiger partial charge in [-0.05, 0) is 68.0 Å². The van der Waals surface area contributed by atoms with Gasteiger partial charge >= 0.3 is 0 Å². The SMILES string of the molecule is Cc1ccc(-n2ncc(C(=O)NCC3(c4ccc5c(c4)OCO5)CCOCC3)c2C2CC2)cc1Cl. The van der Waals surface area contributed by atoms with Gasteiger partial charge in [-0.1, -0.05) is 23.7 Å². The molecule has 7 nitrogen and oxygen atoms in total. The topological polar surface area (TPSA) is 74.6 Å². The quantitative estimate of drug-likeness (QED) is 0.527. The van der Waals surface area contributed by atoms with E-state index in [-0.39, 0.29) is 18.1 Å². The van der Waals surface area contributed by atoms with E-state index in [1.54, 1.807) is 6.20 Å². The number of ether oxygens (including phenoxy) is 3. The lowest BCUT2D eigenvalue weighted by molar-refractivity contribution is 0.0486. The second kappa shape index (κ2) is 8.88. The predicted octanol–water partition coefficient (Wildman–Crippen LogP) is 4.92. The Labute approximate surface area is 209 Å². The molecule has 0 unspecified atom stereocenters. The molecule has 3 heterocycles. The normalized spacial score (nSPS) is 18.5. The Kier molecular flexibility index (Phi) is 5.69. The third-order valence-corrected chi connectivity index (χ3v) is 7.84. The Hall–Kier alpha value is -3.03. The molecular weight excluding hydrogens is 466 g/mol. The van der Waals surface area contributed by atoms with Gasteiger partial charge in [-0.2, -0.15) is 5.10 Å². The number of nitrogens with one attached hydrogen (secondary N) is 1. The van der Waals surface area contributed by atoms with Gasteiger partial charge in [0.05, 0.1) is 23.1 Å². The number of amides is 1. The van der Waals surface area contributed by atoms with Crippen molar-refractivity contribution in [3.8, 4) is 17.2 Å². The van der Waals surface area contributed by atoms with Crippen molar-refractivity contribution in [1.29, 1.82) is 0 Å². The first-order valence-electron chi connectivity index (χ1n) is 12.1. The summed E-state index contributed by atoms with van der Waals surface area (Å²) < 4.78 is 18.6. The molecule has 0 atom stereocenters. The number of carbonyl (C=O) groups is 1. The molecule has 8 heteroatoms. The van der Waals surface area contributed by atoms with E-state index < -0.39 is 0 Å². The molecular formula is C27H28ClN3O4. The molecule has 1 N–H and O–H groups in total. The van der Waals surface area contributed by atoms with E-state index in [0.717, 1.165) is 59.7 Å². The van der Waals surface area contributed by atoms with Gasteiger partial charge in [0, 0.05) is 36.1 Å². The number of aromatic nitrogens is 2. The van der Waals surface area contributed by atoms with Gasteiger partial charge in [0.2, 0.25) is 6.79 Å². The van der Waals surface area contributed by atoms with Gasteiger partial charge in [0.25, 0.3) is 5.91 Å². The van der Waals surface area contributed by atoms with Gasteiger partial charge in [0.1, 0.15) is 0 Å². The summed E-state index contributed by atoms with van der Waals surface area (Å²) in [7, 11) is 0. The predicted molar refractivity (Wildman–Crippen MR) is 132 cm³/mol. The first-order valence-corrected chi connectivity index (χ1v) is 12.5.